The number of hydrogen-bond donors (Lipinski definition) is 1. The van der Waals surface area contributed by atoms with Crippen LogP contribution in [0.1, 0.15) is 31.9 Å². The van der Waals surface area contributed by atoms with Gasteiger partial charge in [-0.25, -0.2) is 4.79 Å². The molecule has 4 heteroatoms. The van der Waals surface area contributed by atoms with Crippen LogP contribution in [0.4, 0.5) is 4.79 Å². The molecule has 0 atom stereocenters. The SMILES string of the molecule is CC(C)(C)Oc1ccc(CCNC(=O)OCc2ccccc2)cc1. The van der Waals surface area contributed by atoms with E-state index in [0.29, 0.717) is 6.54 Å². The third-order valence-corrected chi connectivity index (χ3v) is 3.24. The lowest BCUT2D eigenvalue weighted by molar-refractivity contribution is 0.131. The van der Waals surface area contributed by atoms with Crippen LogP contribution in [0.5, 0.6) is 5.75 Å². The quantitative estimate of drug-likeness (QED) is 0.859. The van der Waals surface area contributed by atoms with E-state index in [-0.39, 0.29) is 12.2 Å². The van der Waals surface area contributed by atoms with Gasteiger partial charge in [-0.15, -0.1) is 0 Å². The van der Waals surface area contributed by atoms with Crippen molar-refractivity contribution < 1.29 is 14.3 Å². The second-order valence-corrected chi connectivity index (χ2v) is 6.60. The molecule has 128 valence electrons. The normalized spacial score (nSPS) is 11.0. The molecule has 0 radical (unpaired) electrons. The third kappa shape index (κ3) is 6.73. The first-order valence-corrected chi connectivity index (χ1v) is 8.15. The Balaban J connectivity index is 1.69. The number of carbonyl (C=O) groups excluding carboxylic acids is 1. The summed E-state index contributed by atoms with van der Waals surface area (Å²) in [6.07, 6.45) is 0.350. The van der Waals surface area contributed by atoms with Crippen molar-refractivity contribution >= 4 is 6.09 Å². The molecule has 0 fully saturated rings. The fourth-order valence-electron chi connectivity index (χ4n) is 2.16. The lowest BCUT2D eigenvalue weighted by Crippen LogP contribution is -2.26. The number of ether oxygens (including phenoxy) is 2. The van der Waals surface area contributed by atoms with Gasteiger partial charge in [-0.05, 0) is 50.5 Å². The fourth-order valence-corrected chi connectivity index (χ4v) is 2.16. The first-order chi connectivity index (χ1) is 11.4. The molecule has 0 aliphatic rings. The summed E-state index contributed by atoms with van der Waals surface area (Å²) < 4.78 is 11.0. The van der Waals surface area contributed by atoms with Gasteiger partial charge in [0.1, 0.15) is 18.0 Å². The van der Waals surface area contributed by atoms with Gasteiger partial charge in [-0.3, -0.25) is 0 Å². The summed E-state index contributed by atoms with van der Waals surface area (Å²) in [5, 5.41) is 2.76. The fraction of sp³-hybridized carbons (Fsp3) is 0.350. The van der Waals surface area contributed by atoms with Crippen molar-refractivity contribution in [1.29, 1.82) is 0 Å². The zero-order chi connectivity index (χ0) is 17.4. The van der Waals surface area contributed by atoms with Crippen molar-refractivity contribution in [3.63, 3.8) is 0 Å². The van der Waals surface area contributed by atoms with Crippen LogP contribution in [-0.2, 0) is 17.8 Å². The topological polar surface area (TPSA) is 47.6 Å². The van der Waals surface area contributed by atoms with Gasteiger partial charge >= 0.3 is 6.09 Å². The highest BCUT2D eigenvalue weighted by Crippen LogP contribution is 2.18. The monoisotopic (exact) mass is 327 g/mol. The van der Waals surface area contributed by atoms with Crippen LogP contribution in [0.25, 0.3) is 0 Å². The van der Waals surface area contributed by atoms with Crippen LogP contribution in [-0.4, -0.2) is 18.2 Å². The number of amides is 1. The van der Waals surface area contributed by atoms with Crippen molar-refractivity contribution in [2.45, 2.75) is 39.4 Å². The van der Waals surface area contributed by atoms with Gasteiger partial charge in [0.15, 0.2) is 0 Å². The van der Waals surface area contributed by atoms with Crippen LogP contribution < -0.4 is 10.1 Å². The minimum atomic E-state index is -0.397. The molecule has 0 spiro atoms. The molecule has 0 saturated heterocycles. The van der Waals surface area contributed by atoms with E-state index in [1.54, 1.807) is 0 Å². The Morgan fingerprint density at radius 1 is 0.958 bits per heavy atom. The molecular formula is C20H25NO3. The van der Waals surface area contributed by atoms with Crippen LogP contribution in [0, 0.1) is 0 Å². The van der Waals surface area contributed by atoms with E-state index in [0.717, 1.165) is 23.3 Å². The van der Waals surface area contributed by atoms with Gasteiger partial charge in [0, 0.05) is 6.54 Å². The van der Waals surface area contributed by atoms with Gasteiger partial charge in [0.25, 0.3) is 0 Å². The third-order valence-electron chi connectivity index (χ3n) is 3.24. The minimum absolute atomic E-state index is 0.203. The molecule has 0 aliphatic heterocycles. The summed E-state index contributed by atoms with van der Waals surface area (Å²) in [6.45, 7) is 6.88. The maximum absolute atomic E-state index is 11.7. The molecule has 2 aromatic carbocycles. The maximum Gasteiger partial charge on any atom is 0.407 e. The molecule has 0 unspecified atom stereocenters. The summed E-state index contributed by atoms with van der Waals surface area (Å²) in [5.41, 5.74) is 1.91. The summed E-state index contributed by atoms with van der Waals surface area (Å²) in [7, 11) is 0. The molecule has 2 rings (SSSR count). The predicted molar refractivity (Wildman–Crippen MR) is 95.2 cm³/mol. The number of alkyl carbamates (subject to hydrolysis) is 1. The lowest BCUT2D eigenvalue weighted by Gasteiger charge is -2.21. The number of rotatable bonds is 6. The van der Waals surface area contributed by atoms with Crippen molar-refractivity contribution in [2.75, 3.05) is 6.54 Å². The van der Waals surface area contributed by atoms with Gasteiger partial charge < -0.3 is 14.8 Å². The summed E-state index contributed by atoms with van der Waals surface area (Å²) in [4.78, 5) is 11.7. The van der Waals surface area contributed by atoms with Gasteiger partial charge in [0.05, 0.1) is 0 Å². The molecule has 0 bridgehead atoms. The van der Waals surface area contributed by atoms with E-state index in [1.165, 1.54) is 0 Å². The van der Waals surface area contributed by atoms with Gasteiger partial charge in [-0.1, -0.05) is 42.5 Å². The average Bonchev–Trinajstić information content (AvgIpc) is 2.54. The summed E-state index contributed by atoms with van der Waals surface area (Å²) in [5.74, 6) is 0.849. The highest BCUT2D eigenvalue weighted by molar-refractivity contribution is 5.67. The highest BCUT2D eigenvalue weighted by atomic mass is 16.5. The van der Waals surface area contributed by atoms with Crippen LogP contribution >= 0.6 is 0 Å². The van der Waals surface area contributed by atoms with Crippen LogP contribution in [0.15, 0.2) is 54.6 Å². The molecule has 1 N–H and O–H groups in total. The Bertz CT molecular complexity index is 630. The Morgan fingerprint density at radius 3 is 2.25 bits per heavy atom. The number of hydrogen-bond acceptors (Lipinski definition) is 3. The van der Waals surface area contributed by atoms with Crippen molar-refractivity contribution in [1.82, 2.24) is 5.32 Å². The zero-order valence-corrected chi connectivity index (χ0v) is 14.5. The van der Waals surface area contributed by atoms with E-state index < -0.39 is 6.09 Å². The van der Waals surface area contributed by atoms with Crippen LogP contribution in [0.3, 0.4) is 0 Å². The van der Waals surface area contributed by atoms with Crippen molar-refractivity contribution in [3.05, 3.63) is 65.7 Å². The molecule has 2 aromatic rings. The first-order valence-electron chi connectivity index (χ1n) is 8.15. The van der Waals surface area contributed by atoms with E-state index in [9.17, 15) is 4.79 Å². The van der Waals surface area contributed by atoms with E-state index in [1.807, 2.05) is 75.4 Å². The summed E-state index contributed by atoms with van der Waals surface area (Å²) in [6, 6.07) is 17.6. The van der Waals surface area contributed by atoms with E-state index in [2.05, 4.69) is 5.32 Å². The zero-order valence-electron chi connectivity index (χ0n) is 14.5. The van der Waals surface area contributed by atoms with Gasteiger partial charge in [0.2, 0.25) is 0 Å². The molecular weight excluding hydrogens is 302 g/mol. The van der Waals surface area contributed by atoms with Gasteiger partial charge in [-0.2, -0.15) is 0 Å². The highest BCUT2D eigenvalue weighted by Gasteiger charge is 2.11. The van der Waals surface area contributed by atoms with Crippen LogP contribution in [0.2, 0.25) is 0 Å². The largest absolute Gasteiger partial charge is 0.488 e. The summed E-state index contributed by atoms with van der Waals surface area (Å²) >= 11 is 0. The number of nitrogens with one attached hydrogen (secondary N) is 1. The Morgan fingerprint density at radius 2 is 1.62 bits per heavy atom. The second-order valence-electron chi connectivity index (χ2n) is 6.60. The number of benzene rings is 2. The Labute approximate surface area is 143 Å². The molecule has 1 amide bonds. The molecule has 0 aliphatic carbocycles. The van der Waals surface area contributed by atoms with Crippen molar-refractivity contribution in [3.8, 4) is 5.75 Å². The molecule has 24 heavy (non-hydrogen) atoms. The van der Waals surface area contributed by atoms with E-state index >= 15 is 0 Å². The lowest BCUT2D eigenvalue weighted by atomic mass is 10.1. The smallest absolute Gasteiger partial charge is 0.407 e. The van der Waals surface area contributed by atoms with E-state index in [4.69, 9.17) is 9.47 Å². The Kier molecular flexibility index (Phi) is 6.24. The maximum atomic E-state index is 11.7. The Hall–Kier alpha value is -2.49. The molecule has 0 saturated carbocycles. The second kappa shape index (κ2) is 8.39. The number of carbonyl (C=O) groups is 1. The standard InChI is InChI=1S/C20H25NO3/c1-20(2,3)24-18-11-9-16(10-12-18)13-14-21-19(22)23-15-17-7-5-4-6-8-17/h4-12H,13-15H2,1-3H3,(H,21,22). The van der Waals surface area contributed by atoms with Crippen molar-refractivity contribution in [2.24, 2.45) is 0 Å². The molecule has 0 heterocycles. The average molecular weight is 327 g/mol. The first kappa shape index (κ1) is 17.9. The predicted octanol–water partition coefficient (Wildman–Crippen LogP) is 4.33. The minimum Gasteiger partial charge on any atom is -0.488 e. The molecule has 4 nitrogen and oxygen atoms in total. The molecule has 0 aromatic heterocycles.